The highest BCUT2D eigenvalue weighted by atomic mass is 16.2. The van der Waals surface area contributed by atoms with Crippen LogP contribution in [0, 0.1) is 0 Å². The maximum atomic E-state index is 13.4. The first-order chi connectivity index (χ1) is 15.1. The van der Waals surface area contributed by atoms with Gasteiger partial charge in [0, 0.05) is 52.8 Å². The largest absolute Gasteiger partial charge is 0.358 e. The molecule has 5 nitrogen and oxygen atoms in total. The van der Waals surface area contributed by atoms with Crippen molar-refractivity contribution in [3.8, 4) is 0 Å². The fourth-order valence-electron chi connectivity index (χ4n) is 4.38. The smallest absolute Gasteiger partial charge is 0.250 e. The van der Waals surface area contributed by atoms with Gasteiger partial charge in [-0.3, -0.25) is 14.6 Å². The molecule has 31 heavy (non-hydrogen) atoms. The monoisotopic (exact) mass is 407 g/mol. The highest BCUT2D eigenvalue weighted by Crippen LogP contribution is 2.46. The average molecular weight is 407 g/mol. The van der Waals surface area contributed by atoms with Crippen molar-refractivity contribution in [2.24, 2.45) is 0 Å². The van der Waals surface area contributed by atoms with Gasteiger partial charge in [0.25, 0.3) is 0 Å². The summed E-state index contributed by atoms with van der Waals surface area (Å²) in [5.41, 5.74) is 6.04. The molecule has 2 aromatic carbocycles. The zero-order valence-electron chi connectivity index (χ0n) is 17.1. The molecule has 1 unspecified atom stereocenters. The van der Waals surface area contributed by atoms with Crippen LogP contribution >= 0.6 is 0 Å². The first-order valence-corrected chi connectivity index (χ1v) is 10.2. The maximum Gasteiger partial charge on any atom is 0.250 e. The van der Waals surface area contributed by atoms with E-state index in [-0.39, 0.29) is 11.7 Å². The van der Waals surface area contributed by atoms with Crippen molar-refractivity contribution in [1.82, 2.24) is 15.6 Å². The number of rotatable bonds is 4. The number of ketones is 1. The molecular formula is C26H21N3O2. The minimum Gasteiger partial charge on any atom is -0.358 e. The van der Waals surface area contributed by atoms with E-state index in [0.29, 0.717) is 23.3 Å². The molecule has 1 aliphatic carbocycles. The summed E-state index contributed by atoms with van der Waals surface area (Å²) in [6, 6.07) is 21.1. The zero-order chi connectivity index (χ0) is 21.4. The van der Waals surface area contributed by atoms with Gasteiger partial charge in [-0.25, -0.2) is 0 Å². The van der Waals surface area contributed by atoms with Crippen molar-refractivity contribution in [2.75, 3.05) is 0 Å². The molecule has 5 rings (SSSR count). The second-order valence-corrected chi connectivity index (χ2v) is 7.71. The van der Waals surface area contributed by atoms with Crippen LogP contribution in [-0.4, -0.2) is 16.7 Å². The van der Waals surface area contributed by atoms with Crippen molar-refractivity contribution in [3.63, 3.8) is 0 Å². The molecule has 1 atom stereocenters. The molecule has 0 spiro atoms. The van der Waals surface area contributed by atoms with E-state index in [1.807, 2.05) is 73.7 Å². The number of dihydropyridines is 1. The minimum absolute atomic E-state index is 0.0483. The van der Waals surface area contributed by atoms with Gasteiger partial charge in [-0.15, -0.1) is 0 Å². The lowest BCUT2D eigenvalue weighted by Crippen LogP contribution is -2.34. The Labute approximate surface area is 180 Å². The number of nitrogens with zero attached hydrogens (tertiary/aromatic N) is 1. The molecule has 1 amide bonds. The Morgan fingerprint density at radius 1 is 1.00 bits per heavy atom. The number of carbonyl (C=O) groups excluding carboxylic acids is 2. The van der Waals surface area contributed by atoms with Crippen LogP contribution in [0.4, 0.5) is 0 Å². The highest BCUT2D eigenvalue weighted by Gasteiger charge is 2.42. The number of benzene rings is 2. The Kier molecular flexibility index (Phi) is 4.71. The number of hydrogen-bond acceptors (Lipinski definition) is 4. The third-order valence-electron chi connectivity index (χ3n) is 5.81. The van der Waals surface area contributed by atoms with Crippen molar-refractivity contribution in [3.05, 3.63) is 118 Å². The molecule has 2 heterocycles. The van der Waals surface area contributed by atoms with Crippen LogP contribution in [0.2, 0.25) is 0 Å². The van der Waals surface area contributed by atoms with Gasteiger partial charge in [0.2, 0.25) is 5.91 Å². The first kappa shape index (κ1) is 19.0. The van der Waals surface area contributed by atoms with E-state index in [2.05, 4.69) is 15.6 Å². The molecule has 2 aliphatic rings. The lowest BCUT2D eigenvalue weighted by molar-refractivity contribution is -0.117. The average Bonchev–Trinajstić information content (AvgIpc) is 3.09. The van der Waals surface area contributed by atoms with Crippen LogP contribution in [0.5, 0.6) is 0 Å². The Hall–Kier alpha value is -3.99. The van der Waals surface area contributed by atoms with Gasteiger partial charge in [-0.1, -0.05) is 60.7 Å². The molecule has 5 heteroatoms. The van der Waals surface area contributed by atoms with Gasteiger partial charge >= 0.3 is 0 Å². The second kappa shape index (κ2) is 7.69. The number of fused-ring (bicyclic) bond motifs is 2. The summed E-state index contributed by atoms with van der Waals surface area (Å²) in [7, 11) is 0. The normalized spacial score (nSPS) is 17.2. The van der Waals surface area contributed by atoms with E-state index in [9.17, 15) is 9.59 Å². The Morgan fingerprint density at radius 3 is 2.48 bits per heavy atom. The molecular weight excluding hydrogens is 386 g/mol. The van der Waals surface area contributed by atoms with Crippen LogP contribution in [0.25, 0.3) is 5.70 Å². The van der Waals surface area contributed by atoms with E-state index in [4.69, 9.17) is 0 Å². The maximum absolute atomic E-state index is 13.4. The standard InChI is InChI=1S/C26H21N3O2/c1-16-21(26(31)28-14-17-8-3-2-4-9-17)22(18-10-7-13-27-15-18)23-24(29-16)19-11-5-6-12-20(19)25(23)30/h2-13,15,22,29H,14H2,1H3,(H,28,31). The number of pyridine rings is 1. The highest BCUT2D eigenvalue weighted by molar-refractivity contribution is 6.23. The third kappa shape index (κ3) is 3.24. The third-order valence-corrected chi connectivity index (χ3v) is 5.81. The Bertz CT molecular complexity index is 1240. The van der Waals surface area contributed by atoms with Gasteiger partial charge in [-0.05, 0) is 24.1 Å². The second-order valence-electron chi connectivity index (χ2n) is 7.71. The summed E-state index contributed by atoms with van der Waals surface area (Å²) in [6.45, 7) is 2.30. The minimum atomic E-state index is -0.486. The van der Waals surface area contributed by atoms with Crippen molar-refractivity contribution in [1.29, 1.82) is 0 Å². The summed E-state index contributed by atoms with van der Waals surface area (Å²) in [6.07, 6.45) is 3.42. The zero-order valence-corrected chi connectivity index (χ0v) is 17.1. The first-order valence-electron chi connectivity index (χ1n) is 10.2. The summed E-state index contributed by atoms with van der Waals surface area (Å²) in [5.74, 6) is -0.730. The summed E-state index contributed by atoms with van der Waals surface area (Å²) in [5, 5.41) is 6.37. The number of allylic oxidation sites excluding steroid dienone is 2. The Balaban J connectivity index is 1.56. The topological polar surface area (TPSA) is 71.1 Å². The molecule has 152 valence electrons. The fraction of sp³-hybridized carbons (Fsp3) is 0.115. The van der Waals surface area contributed by atoms with Crippen LogP contribution in [0.1, 0.15) is 39.9 Å². The molecule has 0 saturated heterocycles. The number of Topliss-reactive ketones (excluding diaryl/α,β-unsaturated/α-hetero) is 1. The number of hydrogen-bond donors (Lipinski definition) is 2. The molecule has 1 aliphatic heterocycles. The van der Waals surface area contributed by atoms with Gasteiger partial charge in [0.1, 0.15) is 0 Å². The van der Waals surface area contributed by atoms with Crippen molar-refractivity contribution >= 4 is 17.4 Å². The predicted octanol–water partition coefficient (Wildman–Crippen LogP) is 3.97. The lowest BCUT2D eigenvalue weighted by Gasteiger charge is -2.29. The van der Waals surface area contributed by atoms with E-state index in [1.165, 1.54) is 0 Å². The summed E-state index contributed by atoms with van der Waals surface area (Å²) < 4.78 is 0. The summed E-state index contributed by atoms with van der Waals surface area (Å²) >= 11 is 0. The van der Waals surface area contributed by atoms with E-state index >= 15 is 0 Å². The van der Waals surface area contributed by atoms with Crippen LogP contribution in [0.3, 0.4) is 0 Å². The quantitative estimate of drug-likeness (QED) is 0.687. The molecule has 0 radical (unpaired) electrons. The number of aromatic nitrogens is 1. The van der Waals surface area contributed by atoms with Crippen molar-refractivity contribution < 1.29 is 9.59 Å². The van der Waals surface area contributed by atoms with Crippen LogP contribution < -0.4 is 10.6 Å². The lowest BCUT2D eigenvalue weighted by atomic mass is 9.80. The predicted molar refractivity (Wildman–Crippen MR) is 119 cm³/mol. The van der Waals surface area contributed by atoms with Gasteiger partial charge < -0.3 is 10.6 Å². The van der Waals surface area contributed by atoms with Gasteiger partial charge in [0.15, 0.2) is 5.78 Å². The van der Waals surface area contributed by atoms with E-state index in [0.717, 1.165) is 28.1 Å². The van der Waals surface area contributed by atoms with Gasteiger partial charge in [0.05, 0.1) is 5.70 Å². The summed E-state index contributed by atoms with van der Waals surface area (Å²) in [4.78, 5) is 31.0. The molecule has 1 aromatic heterocycles. The van der Waals surface area contributed by atoms with Gasteiger partial charge in [-0.2, -0.15) is 0 Å². The Morgan fingerprint density at radius 2 is 1.74 bits per heavy atom. The number of nitrogens with one attached hydrogen (secondary N) is 2. The molecule has 3 aromatic rings. The molecule has 0 fully saturated rings. The van der Waals surface area contributed by atoms with E-state index < -0.39 is 5.92 Å². The van der Waals surface area contributed by atoms with Crippen LogP contribution in [-0.2, 0) is 11.3 Å². The molecule has 0 saturated carbocycles. The number of carbonyl (C=O) groups is 2. The fourth-order valence-corrected chi connectivity index (χ4v) is 4.38. The van der Waals surface area contributed by atoms with Crippen LogP contribution in [0.15, 0.2) is 96.0 Å². The molecule has 2 N–H and O–H groups in total. The van der Waals surface area contributed by atoms with E-state index in [1.54, 1.807) is 12.4 Å². The van der Waals surface area contributed by atoms with Crippen molar-refractivity contribution in [2.45, 2.75) is 19.4 Å². The number of amides is 1. The molecule has 0 bridgehead atoms. The SMILES string of the molecule is CC1=C(C(=O)NCc2ccccc2)C(c2cccnc2)C2=C(N1)c1ccccc1C2=O.